The first-order valence-corrected chi connectivity index (χ1v) is 12.8. The van der Waals surface area contributed by atoms with Crippen LogP contribution < -0.4 is 10.6 Å². The molecule has 0 radical (unpaired) electrons. The molecule has 4 rings (SSSR count). The van der Waals surface area contributed by atoms with Crippen LogP contribution in [0.1, 0.15) is 49.0 Å². The zero-order valence-electron chi connectivity index (χ0n) is 21.1. The number of rotatable bonds is 11. The number of carbonyl (C=O) groups is 2. The molecule has 1 heterocycles. The average Bonchev–Trinajstić information content (AvgIpc) is 3.30. The van der Waals surface area contributed by atoms with Crippen LogP contribution in [0, 0.1) is 5.92 Å². The van der Waals surface area contributed by atoms with Gasteiger partial charge >= 0.3 is 0 Å². The highest BCUT2D eigenvalue weighted by atomic mass is 16.2. The number of aromatic nitrogens is 1. The van der Waals surface area contributed by atoms with Gasteiger partial charge in [0.2, 0.25) is 5.91 Å². The van der Waals surface area contributed by atoms with E-state index in [0.29, 0.717) is 18.4 Å². The number of unbranched alkanes of at least 4 members (excludes halogenated alkanes) is 1. The summed E-state index contributed by atoms with van der Waals surface area (Å²) in [6.45, 7) is 5.03. The quantitative estimate of drug-likeness (QED) is 0.259. The summed E-state index contributed by atoms with van der Waals surface area (Å²) in [7, 11) is 0. The standard InChI is InChI=1S/C31H35N3O2/c1-3-4-18-34-19-17-25-15-16-26(22-29(25)34)31(36)33-28(21-24-11-7-5-8-12-24)20-23(2)30(35)32-27-13-9-6-10-14-27/h5-17,19,22-23,28H,3-4,18,20-21H2,1-2H3,(H,32,35)(H,33,36)/t23?,28-/m1/s1. The molecule has 1 unspecified atom stereocenters. The van der Waals surface area contributed by atoms with E-state index in [1.807, 2.05) is 73.7 Å². The molecule has 1 aromatic heterocycles. The van der Waals surface area contributed by atoms with Gasteiger partial charge in [-0.2, -0.15) is 0 Å². The van der Waals surface area contributed by atoms with Crippen LogP contribution in [0.25, 0.3) is 10.9 Å². The molecule has 0 fully saturated rings. The molecule has 0 aliphatic heterocycles. The normalized spacial score (nSPS) is 12.7. The molecule has 4 aromatic rings. The van der Waals surface area contributed by atoms with Crippen molar-refractivity contribution in [2.45, 2.75) is 52.1 Å². The van der Waals surface area contributed by atoms with Gasteiger partial charge in [0.25, 0.3) is 5.91 Å². The third-order valence-electron chi connectivity index (χ3n) is 6.58. The molecular formula is C31H35N3O2. The van der Waals surface area contributed by atoms with Crippen molar-refractivity contribution in [1.29, 1.82) is 0 Å². The first-order chi connectivity index (χ1) is 17.5. The van der Waals surface area contributed by atoms with Crippen LogP contribution >= 0.6 is 0 Å². The molecule has 5 heteroatoms. The minimum Gasteiger partial charge on any atom is -0.349 e. The van der Waals surface area contributed by atoms with Crippen molar-refractivity contribution in [3.63, 3.8) is 0 Å². The summed E-state index contributed by atoms with van der Waals surface area (Å²) < 4.78 is 2.22. The predicted octanol–water partition coefficient (Wildman–Crippen LogP) is 6.45. The maximum atomic E-state index is 13.4. The van der Waals surface area contributed by atoms with Gasteiger partial charge in [0.1, 0.15) is 0 Å². The summed E-state index contributed by atoms with van der Waals surface area (Å²) in [6, 6.07) is 27.3. The molecule has 2 amide bonds. The Bertz CT molecular complexity index is 1280. The van der Waals surface area contributed by atoms with Crippen molar-refractivity contribution in [3.8, 4) is 0 Å². The zero-order chi connectivity index (χ0) is 25.3. The number of nitrogens with one attached hydrogen (secondary N) is 2. The van der Waals surface area contributed by atoms with Crippen LogP contribution in [0.15, 0.2) is 91.1 Å². The minimum atomic E-state index is -0.270. The fraction of sp³-hybridized carbons (Fsp3) is 0.290. The van der Waals surface area contributed by atoms with E-state index in [-0.39, 0.29) is 23.8 Å². The van der Waals surface area contributed by atoms with Crippen LogP contribution in [0.2, 0.25) is 0 Å². The maximum absolute atomic E-state index is 13.4. The van der Waals surface area contributed by atoms with Crippen LogP contribution in [0.4, 0.5) is 5.69 Å². The molecule has 0 saturated heterocycles. The fourth-order valence-corrected chi connectivity index (χ4v) is 4.53. The highest BCUT2D eigenvalue weighted by molar-refractivity contribution is 5.98. The Morgan fingerprint density at radius 2 is 1.64 bits per heavy atom. The summed E-state index contributed by atoms with van der Waals surface area (Å²) >= 11 is 0. The van der Waals surface area contributed by atoms with Crippen molar-refractivity contribution in [3.05, 3.63) is 102 Å². The first-order valence-electron chi connectivity index (χ1n) is 12.8. The SMILES string of the molecule is CCCCn1ccc2ccc(C(=O)N[C@@H](Cc3ccccc3)CC(C)C(=O)Nc3ccccc3)cc21. The van der Waals surface area contributed by atoms with Gasteiger partial charge in [-0.25, -0.2) is 0 Å². The van der Waals surface area contributed by atoms with E-state index in [0.717, 1.165) is 41.5 Å². The molecule has 0 spiro atoms. The third kappa shape index (κ3) is 6.63. The number of benzene rings is 3. The van der Waals surface area contributed by atoms with Crippen LogP contribution in [0.3, 0.4) is 0 Å². The number of nitrogens with zero attached hydrogens (tertiary/aromatic N) is 1. The molecule has 2 atom stereocenters. The summed E-state index contributed by atoms with van der Waals surface area (Å²) in [5.41, 5.74) is 3.62. The summed E-state index contributed by atoms with van der Waals surface area (Å²) in [4.78, 5) is 26.2. The molecule has 0 aliphatic carbocycles. The van der Waals surface area contributed by atoms with Crippen LogP contribution in [-0.2, 0) is 17.8 Å². The van der Waals surface area contributed by atoms with Gasteiger partial charge in [-0.15, -0.1) is 0 Å². The Balaban J connectivity index is 1.49. The van der Waals surface area contributed by atoms with E-state index in [9.17, 15) is 9.59 Å². The lowest BCUT2D eigenvalue weighted by Crippen LogP contribution is -2.39. The molecule has 2 N–H and O–H groups in total. The summed E-state index contributed by atoms with van der Waals surface area (Å²) in [5, 5.41) is 7.34. The van der Waals surface area contributed by atoms with E-state index in [1.54, 1.807) is 0 Å². The average molecular weight is 482 g/mol. The second-order valence-corrected chi connectivity index (χ2v) is 9.49. The largest absolute Gasteiger partial charge is 0.349 e. The Hall–Kier alpha value is -3.86. The predicted molar refractivity (Wildman–Crippen MR) is 147 cm³/mol. The smallest absolute Gasteiger partial charge is 0.251 e. The van der Waals surface area contributed by atoms with Gasteiger partial charge in [-0.1, -0.05) is 74.9 Å². The highest BCUT2D eigenvalue weighted by Crippen LogP contribution is 2.20. The van der Waals surface area contributed by atoms with Crippen molar-refractivity contribution in [2.75, 3.05) is 5.32 Å². The third-order valence-corrected chi connectivity index (χ3v) is 6.58. The zero-order valence-corrected chi connectivity index (χ0v) is 21.1. The number of hydrogen-bond acceptors (Lipinski definition) is 2. The molecule has 186 valence electrons. The lowest BCUT2D eigenvalue weighted by Gasteiger charge is -2.22. The van der Waals surface area contributed by atoms with E-state index in [4.69, 9.17) is 0 Å². The molecule has 3 aromatic carbocycles. The molecule has 5 nitrogen and oxygen atoms in total. The number of aryl methyl sites for hydroxylation is 1. The highest BCUT2D eigenvalue weighted by Gasteiger charge is 2.22. The van der Waals surface area contributed by atoms with Crippen molar-refractivity contribution < 1.29 is 9.59 Å². The fourth-order valence-electron chi connectivity index (χ4n) is 4.53. The second-order valence-electron chi connectivity index (χ2n) is 9.49. The molecular weight excluding hydrogens is 446 g/mol. The van der Waals surface area contributed by atoms with E-state index in [2.05, 4.69) is 46.5 Å². The van der Waals surface area contributed by atoms with E-state index < -0.39 is 0 Å². The minimum absolute atomic E-state index is 0.0521. The van der Waals surface area contributed by atoms with Crippen molar-refractivity contribution in [1.82, 2.24) is 9.88 Å². The number of fused-ring (bicyclic) bond motifs is 1. The van der Waals surface area contributed by atoms with E-state index in [1.165, 1.54) is 0 Å². The lowest BCUT2D eigenvalue weighted by atomic mass is 9.95. The molecule has 0 saturated carbocycles. The Morgan fingerprint density at radius 3 is 2.36 bits per heavy atom. The first kappa shape index (κ1) is 25.2. The Morgan fingerprint density at radius 1 is 0.917 bits per heavy atom. The monoisotopic (exact) mass is 481 g/mol. The van der Waals surface area contributed by atoms with E-state index >= 15 is 0 Å². The molecule has 0 bridgehead atoms. The van der Waals surface area contributed by atoms with Gasteiger partial charge < -0.3 is 15.2 Å². The molecule has 0 aliphatic rings. The lowest BCUT2D eigenvalue weighted by molar-refractivity contribution is -0.119. The number of carbonyl (C=O) groups excluding carboxylic acids is 2. The molecule has 36 heavy (non-hydrogen) atoms. The van der Waals surface area contributed by atoms with Gasteiger partial charge in [0.05, 0.1) is 0 Å². The van der Waals surface area contributed by atoms with Crippen LogP contribution in [-0.4, -0.2) is 22.4 Å². The number of para-hydroxylation sites is 1. The van der Waals surface area contributed by atoms with Crippen LogP contribution in [0.5, 0.6) is 0 Å². The van der Waals surface area contributed by atoms with Gasteiger partial charge in [-0.3, -0.25) is 9.59 Å². The van der Waals surface area contributed by atoms with Crippen molar-refractivity contribution in [2.24, 2.45) is 5.92 Å². The topological polar surface area (TPSA) is 63.1 Å². The maximum Gasteiger partial charge on any atom is 0.251 e. The Labute approximate surface area is 213 Å². The summed E-state index contributed by atoms with van der Waals surface area (Å²) in [5.74, 6) is -0.437. The number of hydrogen-bond donors (Lipinski definition) is 2. The summed E-state index contributed by atoms with van der Waals surface area (Å²) in [6.07, 6.45) is 5.51. The number of amides is 2. The Kier molecular flexibility index (Phi) is 8.56. The van der Waals surface area contributed by atoms with Crippen molar-refractivity contribution >= 4 is 28.4 Å². The van der Waals surface area contributed by atoms with Gasteiger partial charge in [0.15, 0.2) is 0 Å². The van der Waals surface area contributed by atoms with Gasteiger partial charge in [-0.05, 0) is 60.5 Å². The number of anilines is 1. The second kappa shape index (κ2) is 12.2. The van der Waals surface area contributed by atoms with Gasteiger partial charge in [0, 0.05) is 41.5 Å².